The third-order valence-corrected chi connectivity index (χ3v) is 4.03. The van der Waals surface area contributed by atoms with Gasteiger partial charge in [0, 0.05) is 23.5 Å². The summed E-state index contributed by atoms with van der Waals surface area (Å²) < 4.78 is 6.83. The first-order valence-corrected chi connectivity index (χ1v) is 7.74. The molecule has 0 atom stereocenters. The van der Waals surface area contributed by atoms with Crippen LogP contribution in [0.25, 0.3) is 16.5 Å². The zero-order valence-electron chi connectivity index (χ0n) is 12.2. The molecule has 23 heavy (non-hydrogen) atoms. The summed E-state index contributed by atoms with van der Waals surface area (Å²) in [5.74, 6) is 1.80. The Hall–Kier alpha value is -3.00. The summed E-state index contributed by atoms with van der Waals surface area (Å²) in [6.45, 7) is 0. The maximum Gasteiger partial charge on any atom is 0.254 e. The summed E-state index contributed by atoms with van der Waals surface area (Å²) in [5, 5.41) is 10.4. The maximum absolute atomic E-state index is 5.15. The second kappa shape index (κ2) is 5.65. The predicted molar refractivity (Wildman–Crippen MR) is 88.2 cm³/mol. The van der Waals surface area contributed by atoms with Crippen molar-refractivity contribution in [1.29, 1.82) is 0 Å². The van der Waals surface area contributed by atoms with E-state index in [1.807, 2.05) is 35.7 Å². The molecule has 0 saturated carbocycles. The van der Waals surface area contributed by atoms with Crippen LogP contribution in [-0.2, 0) is 0 Å². The van der Waals surface area contributed by atoms with E-state index in [0.29, 0.717) is 11.7 Å². The van der Waals surface area contributed by atoms with Crippen LogP contribution >= 0.6 is 11.3 Å². The summed E-state index contributed by atoms with van der Waals surface area (Å²) in [5.41, 5.74) is 1.73. The number of nitrogens with one attached hydrogen (secondary N) is 1. The zero-order chi connectivity index (χ0) is 15.6. The topological polar surface area (TPSA) is 77.2 Å². The van der Waals surface area contributed by atoms with Crippen LogP contribution < -0.4 is 10.1 Å². The van der Waals surface area contributed by atoms with Crippen LogP contribution in [0.2, 0.25) is 0 Å². The summed E-state index contributed by atoms with van der Waals surface area (Å²) in [4.78, 5) is 13.0. The summed E-state index contributed by atoms with van der Waals surface area (Å²) in [6, 6.07) is 9.42. The number of thiazole rings is 1. The fourth-order valence-corrected chi connectivity index (χ4v) is 2.81. The summed E-state index contributed by atoms with van der Waals surface area (Å²) in [6.07, 6.45) is 3.47. The second-order valence-electron chi connectivity index (χ2n) is 4.67. The van der Waals surface area contributed by atoms with Gasteiger partial charge in [0.05, 0.1) is 7.11 Å². The number of rotatable bonds is 4. The average molecular weight is 324 g/mol. The van der Waals surface area contributed by atoms with Crippen LogP contribution in [0.1, 0.15) is 0 Å². The second-order valence-corrected chi connectivity index (χ2v) is 5.56. The Balaban J connectivity index is 1.70. The molecule has 0 amide bonds. The van der Waals surface area contributed by atoms with E-state index < -0.39 is 0 Å². The van der Waals surface area contributed by atoms with Gasteiger partial charge < -0.3 is 10.1 Å². The maximum atomic E-state index is 5.15. The Morgan fingerprint density at radius 1 is 1.09 bits per heavy atom. The van der Waals surface area contributed by atoms with Crippen molar-refractivity contribution in [2.75, 3.05) is 12.4 Å². The molecule has 0 aliphatic carbocycles. The Kier molecular flexibility index (Phi) is 3.35. The summed E-state index contributed by atoms with van der Waals surface area (Å²) in [7, 11) is 1.64. The van der Waals surface area contributed by atoms with Crippen LogP contribution in [0.15, 0.2) is 48.1 Å². The molecule has 8 heteroatoms. The molecule has 0 bridgehead atoms. The van der Waals surface area contributed by atoms with Gasteiger partial charge in [-0.3, -0.25) is 0 Å². The number of fused-ring (bicyclic) bond motifs is 1. The molecule has 4 rings (SSSR count). The van der Waals surface area contributed by atoms with Crippen LogP contribution in [0.5, 0.6) is 5.75 Å². The van der Waals surface area contributed by atoms with Gasteiger partial charge in [-0.2, -0.15) is 9.50 Å². The molecular formula is C15H12N6OS. The number of ether oxygens (including phenoxy) is 1. The number of anilines is 2. The lowest BCUT2D eigenvalue weighted by atomic mass is 10.3. The van der Waals surface area contributed by atoms with Crippen molar-refractivity contribution in [1.82, 2.24) is 24.6 Å². The van der Waals surface area contributed by atoms with Crippen molar-refractivity contribution >= 4 is 28.8 Å². The molecule has 1 aromatic carbocycles. The largest absolute Gasteiger partial charge is 0.497 e. The van der Waals surface area contributed by atoms with E-state index in [1.54, 1.807) is 35.4 Å². The van der Waals surface area contributed by atoms with Gasteiger partial charge in [-0.05, 0) is 30.3 Å². The molecule has 0 aliphatic rings. The van der Waals surface area contributed by atoms with E-state index in [1.165, 1.54) is 0 Å². The smallest absolute Gasteiger partial charge is 0.254 e. The highest BCUT2D eigenvalue weighted by Gasteiger charge is 2.11. The van der Waals surface area contributed by atoms with Gasteiger partial charge in [0.15, 0.2) is 0 Å². The summed E-state index contributed by atoms with van der Waals surface area (Å²) >= 11 is 1.55. The van der Waals surface area contributed by atoms with Gasteiger partial charge in [0.25, 0.3) is 5.78 Å². The number of methoxy groups -OCH3 is 1. The Labute approximate surface area is 135 Å². The van der Waals surface area contributed by atoms with Crippen LogP contribution in [-0.4, -0.2) is 31.7 Å². The van der Waals surface area contributed by atoms with E-state index in [0.717, 1.165) is 22.1 Å². The highest BCUT2D eigenvalue weighted by molar-refractivity contribution is 7.13. The molecule has 0 spiro atoms. The first kappa shape index (κ1) is 13.6. The number of hydrogen-bond donors (Lipinski definition) is 1. The fourth-order valence-electron chi connectivity index (χ4n) is 2.16. The Morgan fingerprint density at radius 2 is 1.96 bits per heavy atom. The van der Waals surface area contributed by atoms with Gasteiger partial charge in [-0.25, -0.2) is 9.97 Å². The van der Waals surface area contributed by atoms with E-state index in [9.17, 15) is 0 Å². The standard InChI is InChI=1S/C15H12N6OS/c1-22-11-4-2-10(3-5-11)18-14-19-15-17-7-6-12(21(15)20-14)13-16-8-9-23-13/h2-9H,1H3,(H,18,20). The van der Waals surface area contributed by atoms with Gasteiger partial charge in [-0.1, -0.05) is 0 Å². The third kappa shape index (κ3) is 2.59. The number of hydrogen-bond acceptors (Lipinski definition) is 7. The minimum atomic E-state index is 0.478. The molecule has 7 nitrogen and oxygen atoms in total. The van der Waals surface area contributed by atoms with Crippen molar-refractivity contribution in [3.05, 3.63) is 48.1 Å². The molecule has 1 N–H and O–H groups in total. The highest BCUT2D eigenvalue weighted by Crippen LogP contribution is 2.23. The zero-order valence-corrected chi connectivity index (χ0v) is 13.0. The lowest BCUT2D eigenvalue weighted by molar-refractivity contribution is 0.415. The van der Waals surface area contributed by atoms with E-state index in [-0.39, 0.29) is 0 Å². The minimum Gasteiger partial charge on any atom is -0.497 e. The molecule has 3 aromatic heterocycles. The lowest BCUT2D eigenvalue weighted by Gasteiger charge is -2.03. The fraction of sp³-hybridized carbons (Fsp3) is 0.0667. The minimum absolute atomic E-state index is 0.478. The van der Waals surface area contributed by atoms with E-state index in [4.69, 9.17) is 4.74 Å². The quantitative estimate of drug-likeness (QED) is 0.622. The highest BCUT2D eigenvalue weighted by atomic mass is 32.1. The van der Waals surface area contributed by atoms with E-state index >= 15 is 0 Å². The number of aromatic nitrogens is 5. The van der Waals surface area contributed by atoms with Gasteiger partial charge in [-0.15, -0.1) is 16.4 Å². The molecule has 0 unspecified atom stereocenters. The lowest BCUT2D eigenvalue weighted by Crippen LogP contribution is -1.96. The predicted octanol–water partition coefficient (Wildman–Crippen LogP) is 3.00. The van der Waals surface area contributed by atoms with Crippen LogP contribution in [0.3, 0.4) is 0 Å². The van der Waals surface area contributed by atoms with E-state index in [2.05, 4.69) is 25.4 Å². The normalized spacial score (nSPS) is 10.8. The van der Waals surface area contributed by atoms with Crippen molar-refractivity contribution in [2.45, 2.75) is 0 Å². The van der Waals surface area contributed by atoms with Gasteiger partial charge >= 0.3 is 0 Å². The van der Waals surface area contributed by atoms with Crippen molar-refractivity contribution in [3.8, 4) is 16.5 Å². The molecule has 4 aromatic rings. The Morgan fingerprint density at radius 3 is 2.70 bits per heavy atom. The SMILES string of the molecule is COc1ccc(Nc2nc3nccc(-c4nccs4)n3n2)cc1. The third-order valence-electron chi connectivity index (χ3n) is 3.24. The average Bonchev–Trinajstić information content (AvgIpc) is 3.24. The monoisotopic (exact) mass is 324 g/mol. The molecule has 0 fully saturated rings. The van der Waals surface area contributed by atoms with Gasteiger partial charge in [0.1, 0.15) is 16.5 Å². The first-order valence-electron chi connectivity index (χ1n) is 6.86. The molecule has 114 valence electrons. The number of benzene rings is 1. The van der Waals surface area contributed by atoms with Crippen molar-refractivity contribution in [3.63, 3.8) is 0 Å². The molecule has 0 radical (unpaired) electrons. The van der Waals surface area contributed by atoms with Crippen LogP contribution in [0, 0.1) is 0 Å². The van der Waals surface area contributed by atoms with Crippen molar-refractivity contribution in [2.24, 2.45) is 0 Å². The number of nitrogens with zero attached hydrogens (tertiary/aromatic N) is 5. The first-order chi connectivity index (χ1) is 11.3. The molecule has 0 aliphatic heterocycles. The van der Waals surface area contributed by atoms with Crippen LogP contribution in [0.4, 0.5) is 11.6 Å². The van der Waals surface area contributed by atoms with Crippen molar-refractivity contribution < 1.29 is 4.74 Å². The molecular weight excluding hydrogens is 312 g/mol. The molecule has 3 heterocycles. The van der Waals surface area contributed by atoms with Gasteiger partial charge in [0.2, 0.25) is 5.95 Å². The molecule has 0 saturated heterocycles. The Bertz CT molecular complexity index is 932.